The Morgan fingerprint density at radius 2 is 2.19 bits per heavy atom. The molecule has 90 valence electrons. The van der Waals surface area contributed by atoms with Crippen LogP contribution >= 0.6 is 0 Å². The third-order valence-electron chi connectivity index (χ3n) is 4.45. The zero-order valence-corrected chi connectivity index (χ0v) is 10.7. The minimum atomic E-state index is 0.263. The number of fused-ring (bicyclic) bond motifs is 1. The van der Waals surface area contributed by atoms with Crippen LogP contribution in [0.25, 0.3) is 0 Å². The Bertz CT molecular complexity index is 311. The topological polar surface area (TPSA) is 20.2 Å². The highest BCUT2D eigenvalue weighted by atomic mass is 16.3. The van der Waals surface area contributed by atoms with Crippen molar-refractivity contribution < 1.29 is 5.11 Å². The van der Waals surface area contributed by atoms with Crippen molar-refractivity contribution >= 4 is 0 Å². The minimum absolute atomic E-state index is 0.263. The smallest absolute Gasteiger partial charge is 0.0644 e. The number of aliphatic hydroxyl groups excluding tert-OH is 1. The molecule has 0 saturated carbocycles. The highest BCUT2D eigenvalue weighted by molar-refractivity contribution is 5.22. The normalized spacial score (nSPS) is 34.4. The van der Waals surface area contributed by atoms with E-state index in [0.29, 0.717) is 11.8 Å². The van der Waals surface area contributed by atoms with Gasteiger partial charge in [0.05, 0.1) is 6.61 Å². The van der Waals surface area contributed by atoms with E-state index in [2.05, 4.69) is 32.9 Å². The molecule has 0 spiro atoms. The SMILES string of the molecule is CC1=CC2C(CC1)C(CO)=CCC2C(C)C. The van der Waals surface area contributed by atoms with Gasteiger partial charge in [0.25, 0.3) is 0 Å². The van der Waals surface area contributed by atoms with Crippen molar-refractivity contribution in [2.75, 3.05) is 6.61 Å². The van der Waals surface area contributed by atoms with Crippen molar-refractivity contribution in [3.63, 3.8) is 0 Å². The summed E-state index contributed by atoms with van der Waals surface area (Å²) in [6, 6.07) is 0. The predicted molar refractivity (Wildman–Crippen MR) is 68.1 cm³/mol. The molecule has 0 heterocycles. The quantitative estimate of drug-likeness (QED) is 0.706. The molecule has 1 N–H and O–H groups in total. The van der Waals surface area contributed by atoms with Crippen molar-refractivity contribution in [3.8, 4) is 0 Å². The fourth-order valence-electron chi connectivity index (χ4n) is 3.45. The van der Waals surface area contributed by atoms with Gasteiger partial charge in [0.1, 0.15) is 0 Å². The van der Waals surface area contributed by atoms with Crippen LogP contribution in [0.1, 0.15) is 40.0 Å². The monoisotopic (exact) mass is 220 g/mol. The van der Waals surface area contributed by atoms with Crippen LogP contribution in [-0.2, 0) is 0 Å². The standard InChI is InChI=1S/C15H24O/c1-10(2)13-7-5-12(9-16)14-6-4-11(3)8-15(13)14/h5,8,10,13-16H,4,6-7,9H2,1-3H3. The Hall–Kier alpha value is -0.560. The molecule has 0 fully saturated rings. The number of hydrogen-bond acceptors (Lipinski definition) is 1. The van der Waals surface area contributed by atoms with Gasteiger partial charge in [0.2, 0.25) is 0 Å². The van der Waals surface area contributed by atoms with Crippen LogP contribution in [0.5, 0.6) is 0 Å². The van der Waals surface area contributed by atoms with Gasteiger partial charge in [-0.25, -0.2) is 0 Å². The van der Waals surface area contributed by atoms with E-state index in [9.17, 15) is 5.11 Å². The van der Waals surface area contributed by atoms with Gasteiger partial charge in [-0.2, -0.15) is 0 Å². The fourth-order valence-corrected chi connectivity index (χ4v) is 3.45. The number of allylic oxidation sites excluding steroid dienone is 3. The molecule has 0 amide bonds. The molecule has 2 rings (SSSR count). The number of hydrogen-bond donors (Lipinski definition) is 1. The summed E-state index contributed by atoms with van der Waals surface area (Å²) in [4.78, 5) is 0. The first-order chi connectivity index (χ1) is 7.63. The first-order valence-electron chi connectivity index (χ1n) is 6.60. The summed E-state index contributed by atoms with van der Waals surface area (Å²) < 4.78 is 0. The number of rotatable bonds is 2. The molecule has 1 nitrogen and oxygen atoms in total. The molecule has 0 aromatic heterocycles. The molecule has 16 heavy (non-hydrogen) atoms. The van der Waals surface area contributed by atoms with Gasteiger partial charge in [-0.3, -0.25) is 0 Å². The van der Waals surface area contributed by atoms with E-state index in [1.54, 1.807) is 5.57 Å². The lowest BCUT2D eigenvalue weighted by Crippen LogP contribution is -2.33. The third kappa shape index (κ3) is 2.10. The Morgan fingerprint density at radius 1 is 1.44 bits per heavy atom. The summed E-state index contributed by atoms with van der Waals surface area (Å²) >= 11 is 0. The lowest BCUT2D eigenvalue weighted by molar-refractivity contribution is 0.190. The van der Waals surface area contributed by atoms with Crippen LogP contribution in [0.2, 0.25) is 0 Å². The van der Waals surface area contributed by atoms with Crippen molar-refractivity contribution in [3.05, 3.63) is 23.3 Å². The molecule has 0 aliphatic heterocycles. The van der Waals surface area contributed by atoms with Crippen molar-refractivity contribution in [2.45, 2.75) is 40.0 Å². The van der Waals surface area contributed by atoms with E-state index in [1.165, 1.54) is 18.4 Å². The lowest BCUT2D eigenvalue weighted by atomic mass is 9.64. The van der Waals surface area contributed by atoms with Crippen molar-refractivity contribution in [1.82, 2.24) is 0 Å². The van der Waals surface area contributed by atoms with E-state index < -0.39 is 0 Å². The second-order valence-corrected chi connectivity index (χ2v) is 5.82. The molecular weight excluding hydrogens is 196 g/mol. The van der Waals surface area contributed by atoms with E-state index in [4.69, 9.17) is 0 Å². The van der Waals surface area contributed by atoms with Gasteiger partial charge in [0.15, 0.2) is 0 Å². The van der Waals surface area contributed by atoms with Gasteiger partial charge in [-0.15, -0.1) is 0 Å². The van der Waals surface area contributed by atoms with Gasteiger partial charge >= 0.3 is 0 Å². The lowest BCUT2D eigenvalue weighted by Gasteiger charge is -2.41. The summed E-state index contributed by atoms with van der Waals surface area (Å²) in [5, 5.41) is 9.43. The Kier molecular flexibility index (Phi) is 3.53. The molecule has 0 radical (unpaired) electrons. The second kappa shape index (κ2) is 4.75. The maximum Gasteiger partial charge on any atom is 0.0644 e. The molecule has 0 aromatic carbocycles. The Balaban J connectivity index is 2.28. The first-order valence-corrected chi connectivity index (χ1v) is 6.60. The Labute approximate surface area is 99.3 Å². The predicted octanol–water partition coefficient (Wildman–Crippen LogP) is 3.55. The summed E-state index contributed by atoms with van der Waals surface area (Å²) in [5.41, 5.74) is 2.84. The van der Waals surface area contributed by atoms with Crippen LogP contribution in [0, 0.1) is 23.7 Å². The van der Waals surface area contributed by atoms with Gasteiger partial charge in [-0.1, -0.05) is 31.6 Å². The average Bonchev–Trinajstić information content (AvgIpc) is 2.26. The Morgan fingerprint density at radius 3 is 2.81 bits per heavy atom. The molecule has 3 atom stereocenters. The van der Waals surface area contributed by atoms with E-state index in [-0.39, 0.29) is 6.61 Å². The summed E-state index contributed by atoms with van der Waals surface area (Å²) in [5.74, 6) is 2.82. The van der Waals surface area contributed by atoms with Crippen molar-refractivity contribution in [2.24, 2.45) is 23.7 Å². The first kappa shape index (κ1) is 11.9. The summed E-state index contributed by atoms with van der Waals surface area (Å²) in [6.45, 7) is 7.18. The number of aliphatic hydroxyl groups is 1. The molecule has 1 heteroatoms. The maximum atomic E-state index is 9.43. The van der Waals surface area contributed by atoms with E-state index >= 15 is 0 Å². The molecule has 0 saturated heterocycles. The van der Waals surface area contributed by atoms with Gasteiger partial charge in [-0.05, 0) is 55.4 Å². The molecule has 2 aliphatic carbocycles. The summed E-state index contributed by atoms with van der Waals surface area (Å²) in [7, 11) is 0. The second-order valence-electron chi connectivity index (χ2n) is 5.82. The van der Waals surface area contributed by atoms with Crippen LogP contribution in [0.3, 0.4) is 0 Å². The van der Waals surface area contributed by atoms with Gasteiger partial charge in [0, 0.05) is 0 Å². The third-order valence-corrected chi connectivity index (χ3v) is 4.45. The van der Waals surface area contributed by atoms with Crippen LogP contribution in [0.4, 0.5) is 0 Å². The minimum Gasteiger partial charge on any atom is -0.392 e. The van der Waals surface area contributed by atoms with E-state index in [1.807, 2.05) is 0 Å². The molecule has 0 aromatic rings. The van der Waals surface area contributed by atoms with Crippen LogP contribution < -0.4 is 0 Å². The van der Waals surface area contributed by atoms with Crippen molar-refractivity contribution in [1.29, 1.82) is 0 Å². The maximum absolute atomic E-state index is 9.43. The molecule has 3 unspecified atom stereocenters. The average molecular weight is 220 g/mol. The zero-order valence-electron chi connectivity index (χ0n) is 10.7. The van der Waals surface area contributed by atoms with Crippen LogP contribution in [0.15, 0.2) is 23.3 Å². The molecule has 2 aliphatic rings. The zero-order chi connectivity index (χ0) is 11.7. The highest BCUT2D eigenvalue weighted by Gasteiger charge is 2.36. The van der Waals surface area contributed by atoms with E-state index in [0.717, 1.165) is 18.3 Å². The largest absolute Gasteiger partial charge is 0.392 e. The van der Waals surface area contributed by atoms with Crippen LogP contribution in [-0.4, -0.2) is 11.7 Å². The fraction of sp³-hybridized carbons (Fsp3) is 0.733. The highest BCUT2D eigenvalue weighted by Crippen LogP contribution is 2.45. The summed E-state index contributed by atoms with van der Waals surface area (Å²) in [6.07, 6.45) is 8.40. The molecular formula is C15H24O. The van der Waals surface area contributed by atoms with Gasteiger partial charge < -0.3 is 5.11 Å². The molecule has 0 bridgehead atoms.